The van der Waals surface area contributed by atoms with E-state index in [1.807, 2.05) is 73.7 Å². The highest BCUT2D eigenvalue weighted by molar-refractivity contribution is 9.11. The van der Waals surface area contributed by atoms with Gasteiger partial charge in [0.05, 0.1) is 21.7 Å². The molecule has 3 aromatic rings. The van der Waals surface area contributed by atoms with Crippen LogP contribution in [-0.4, -0.2) is 18.7 Å². The third kappa shape index (κ3) is 6.71. The van der Waals surface area contributed by atoms with Crippen LogP contribution in [0.3, 0.4) is 0 Å². The van der Waals surface area contributed by atoms with Crippen molar-refractivity contribution in [3.8, 4) is 5.75 Å². The summed E-state index contributed by atoms with van der Waals surface area (Å²) in [6.07, 6.45) is 1.58. The minimum atomic E-state index is -0.229. The van der Waals surface area contributed by atoms with Crippen molar-refractivity contribution in [2.75, 3.05) is 11.9 Å². The standard InChI is InChI=1S/C23H21Br2N3O2/c1-16-7-9-19(10-8-16)26-14-22(29)28-27-13-18-11-20(24)23(21(25)12-18)30-15-17-5-3-2-4-6-17/h2-13,26H,14-15H2,1H3,(H,28,29)/b27-13-. The quantitative estimate of drug-likeness (QED) is 0.292. The maximum Gasteiger partial charge on any atom is 0.259 e. The number of amides is 1. The molecule has 0 aromatic heterocycles. The lowest BCUT2D eigenvalue weighted by Crippen LogP contribution is -2.25. The summed E-state index contributed by atoms with van der Waals surface area (Å²) in [5.41, 5.74) is 6.48. The summed E-state index contributed by atoms with van der Waals surface area (Å²) in [4.78, 5) is 12.0. The summed E-state index contributed by atoms with van der Waals surface area (Å²) >= 11 is 7.07. The van der Waals surface area contributed by atoms with Crippen LogP contribution in [0.1, 0.15) is 16.7 Å². The molecule has 3 aromatic carbocycles. The predicted molar refractivity (Wildman–Crippen MR) is 128 cm³/mol. The molecule has 0 unspecified atom stereocenters. The van der Waals surface area contributed by atoms with Crippen molar-refractivity contribution in [2.45, 2.75) is 13.5 Å². The number of halogens is 2. The lowest BCUT2D eigenvalue weighted by molar-refractivity contribution is -0.119. The van der Waals surface area contributed by atoms with Crippen molar-refractivity contribution in [1.29, 1.82) is 0 Å². The van der Waals surface area contributed by atoms with Gasteiger partial charge in [0.25, 0.3) is 5.91 Å². The van der Waals surface area contributed by atoms with Crippen molar-refractivity contribution in [3.63, 3.8) is 0 Å². The first-order chi connectivity index (χ1) is 14.5. The first-order valence-electron chi connectivity index (χ1n) is 9.29. The number of nitrogens with one attached hydrogen (secondary N) is 2. The fraction of sp³-hybridized carbons (Fsp3) is 0.130. The summed E-state index contributed by atoms with van der Waals surface area (Å²) in [5, 5.41) is 7.08. The van der Waals surface area contributed by atoms with E-state index >= 15 is 0 Å². The van der Waals surface area contributed by atoms with Gasteiger partial charge in [0.1, 0.15) is 12.4 Å². The molecule has 0 spiro atoms. The normalized spacial score (nSPS) is 10.8. The Morgan fingerprint density at radius 1 is 1.03 bits per heavy atom. The van der Waals surface area contributed by atoms with E-state index in [0.717, 1.165) is 25.8 Å². The number of aryl methyl sites for hydroxylation is 1. The molecule has 0 heterocycles. The zero-order valence-electron chi connectivity index (χ0n) is 16.4. The fourth-order valence-electron chi connectivity index (χ4n) is 2.59. The Kier molecular flexibility index (Phi) is 8.04. The van der Waals surface area contributed by atoms with E-state index < -0.39 is 0 Å². The summed E-state index contributed by atoms with van der Waals surface area (Å²) in [5.74, 6) is 0.482. The molecular formula is C23H21Br2N3O2. The molecule has 0 aliphatic carbocycles. The van der Waals surface area contributed by atoms with Crippen LogP contribution in [-0.2, 0) is 11.4 Å². The van der Waals surface area contributed by atoms with Gasteiger partial charge in [0.2, 0.25) is 0 Å². The van der Waals surface area contributed by atoms with Crippen LogP contribution in [0.15, 0.2) is 80.8 Å². The SMILES string of the molecule is Cc1ccc(NCC(=O)N/N=C\c2cc(Br)c(OCc3ccccc3)c(Br)c2)cc1. The van der Waals surface area contributed by atoms with E-state index in [9.17, 15) is 4.79 Å². The zero-order chi connectivity index (χ0) is 21.3. The second-order valence-electron chi connectivity index (χ2n) is 6.60. The lowest BCUT2D eigenvalue weighted by Gasteiger charge is -2.11. The van der Waals surface area contributed by atoms with Crippen LogP contribution in [0, 0.1) is 6.92 Å². The molecule has 0 bridgehead atoms. The summed E-state index contributed by atoms with van der Waals surface area (Å²) in [6, 6.07) is 21.6. The average Bonchev–Trinajstić information content (AvgIpc) is 2.73. The summed E-state index contributed by atoms with van der Waals surface area (Å²) < 4.78 is 7.50. The third-order valence-corrected chi connectivity index (χ3v) is 5.33. The van der Waals surface area contributed by atoms with Crippen molar-refractivity contribution in [1.82, 2.24) is 5.43 Å². The van der Waals surface area contributed by atoms with Gasteiger partial charge >= 0.3 is 0 Å². The van der Waals surface area contributed by atoms with Gasteiger partial charge in [-0.15, -0.1) is 0 Å². The summed E-state index contributed by atoms with van der Waals surface area (Å²) in [7, 11) is 0. The Balaban J connectivity index is 1.52. The number of hydrogen-bond donors (Lipinski definition) is 2. The molecule has 30 heavy (non-hydrogen) atoms. The Hall–Kier alpha value is -2.64. The number of ether oxygens (including phenoxy) is 1. The number of anilines is 1. The molecule has 5 nitrogen and oxygen atoms in total. The van der Waals surface area contributed by atoms with Crippen LogP contribution in [0.2, 0.25) is 0 Å². The maximum absolute atomic E-state index is 12.0. The molecule has 3 rings (SSSR count). The Bertz CT molecular complexity index is 999. The van der Waals surface area contributed by atoms with Crippen molar-refractivity contribution < 1.29 is 9.53 Å². The predicted octanol–water partition coefficient (Wildman–Crippen LogP) is 5.66. The number of rotatable bonds is 8. The van der Waals surface area contributed by atoms with Crippen LogP contribution in [0.25, 0.3) is 0 Å². The van der Waals surface area contributed by atoms with Gasteiger partial charge in [-0.3, -0.25) is 4.79 Å². The minimum Gasteiger partial charge on any atom is -0.487 e. The van der Waals surface area contributed by atoms with E-state index in [1.165, 1.54) is 5.56 Å². The van der Waals surface area contributed by atoms with Gasteiger partial charge in [0.15, 0.2) is 0 Å². The largest absolute Gasteiger partial charge is 0.487 e. The highest BCUT2D eigenvalue weighted by Gasteiger charge is 2.09. The molecule has 0 saturated heterocycles. The molecule has 0 atom stereocenters. The highest BCUT2D eigenvalue weighted by Crippen LogP contribution is 2.35. The second kappa shape index (κ2) is 10.9. The van der Waals surface area contributed by atoms with E-state index in [1.54, 1.807) is 6.21 Å². The molecule has 154 valence electrons. The van der Waals surface area contributed by atoms with E-state index in [2.05, 4.69) is 47.7 Å². The van der Waals surface area contributed by atoms with E-state index in [0.29, 0.717) is 12.4 Å². The van der Waals surface area contributed by atoms with Gasteiger partial charge in [-0.2, -0.15) is 5.10 Å². The van der Waals surface area contributed by atoms with Gasteiger partial charge in [0, 0.05) is 5.69 Å². The second-order valence-corrected chi connectivity index (χ2v) is 8.31. The fourth-order valence-corrected chi connectivity index (χ4v) is 4.04. The zero-order valence-corrected chi connectivity index (χ0v) is 19.5. The number of hydrogen-bond acceptors (Lipinski definition) is 4. The summed E-state index contributed by atoms with van der Waals surface area (Å²) in [6.45, 7) is 2.62. The van der Waals surface area contributed by atoms with Crippen LogP contribution in [0.4, 0.5) is 5.69 Å². The van der Waals surface area contributed by atoms with Crippen LogP contribution >= 0.6 is 31.9 Å². The minimum absolute atomic E-state index is 0.139. The smallest absolute Gasteiger partial charge is 0.259 e. The molecule has 0 saturated carbocycles. The van der Waals surface area contributed by atoms with Crippen LogP contribution in [0.5, 0.6) is 5.75 Å². The first-order valence-corrected chi connectivity index (χ1v) is 10.9. The Labute approximate surface area is 192 Å². The molecule has 0 aliphatic rings. The van der Waals surface area contributed by atoms with Gasteiger partial charge in [-0.05, 0) is 74.2 Å². The van der Waals surface area contributed by atoms with Gasteiger partial charge < -0.3 is 10.1 Å². The number of benzene rings is 3. The van der Waals surface area contributed by atoms with E-state index in [-0.39, 0.29) is 12.5 Å². The topological polar surface area (TPSA) is 62.7 Å². The number of hydrazone groups is 1. The number of nitrogens with zero attached hydrogens (tertiary/aromatic N) is 1. The van der Waals surface area contributed by atoms with Crippen LogP contribution < -0.4 is 15.5 Å². The Morgan fingerprint density at radius 3 is 2.37 bits per heavy atom. The lowest BCUT2D eigenvalue weighted by atomic mass is 10.2. The molecule has 1 amide bonds. The first kappa shape index (κ1) is 22.1. The molecular weight excluding hydrogens is 510 g/mol. The number of carbonyl (C=O) groups excluding carboxylic acids is 1. The van der Waals surface area contributed by atoms with Crippen molar-refractivity contribution >= 4 is 49.7 Å². The molecule has 7 heteroatoms. The molecule has 0 radical (unpaired) electrons. The van der Waals surface area contributed by atoms with Crippen molar-refractivity contribution in [2.24, 2.45) is 5.10 Å². The maximum atomic E-state index is 12.0. The molecule has 0 aliphatic heterocycles. The van der Waals surface area contributed by atoms with Crippen molar-refractivity contribution in [3.05, 3.63) is 92.4 Å². The average molecular weight is 531 g/mol. The number of carbonyl (C=O) groups is 1. The highest BCUT2D eigenvalue weighted by atomic mass is 79.9. The molecule has 0 fully saturated rings. The third-order valence-electron chi connectivity index (χ3n) is 4.15. The molecule has 2 N–H and O–H groups in total. The van der Waals surface area contributed by atoms with Gasteiger partial charge in [-0.1, -0.05) is 48.0 Å². The Morgan fingerprint density at radius 2 is 1.70 bits per heavy atom. The monoisotopic (exact) mass is 529 g/mol. The van der Waals surface area contributed by atoms with Gasteiger partial charge in [-0.25, -0.2) is 5.43 Å². The van der Waals surface area contributed by atoms with E-state index in [4.69, 9.17) is 4.74 Å².